The molecule has 0 saturated heterocycles. The minimum absolute atomic E-state index is 0.0641. The molecule has 2 amide bonds. The largest absolute Gasteiger partial charge is 0.475 e. The monoisotopic (exact) mass is 447 g/mol. The molecule has 2 rings (SSSR count). The fraction of sp³-hybridized carbons (Fsp3) is 0.320. The van der Waals surface area contributed by atoms with Crippen molar-refractivity contribution in [3.63, 3.8) is 0 Å². The van der Waals surface area contributed by atoms with Gasteiger partial charge in [-0.1, -0.05) is 54.6 Å². The van der Waals surface area contributed by atoms with Gasteiger partial charge in [0, 0.05) is 19.5 Å². The van der Waals surface area contributed by atoms with Gasteiger partial charge in [-0.25, -0.2) is 0 Å². The summed E-state index contributed by atoms with van der Waals surface area (Å²) in [7, 11) is -1.67. The summed E-state index contributed by atoms with van der Waals surface area (Å²) in [6.45, 7) is 4.78. The molecule has 8 heteroatoms. The molecule has 0 aliphatic rings. The number of nitriles is 1. The summed E-state index contributed by atoms with van der Waals surface area (Å²) in [5, 5.41) is 31.4. The van der Waals surface area contributed by atoms with E-state index in [1.165, 1.54) is 0 Å². The van der Waals surface area contributed by atoms with Gasteiger partial charge in [0.25, 0.3) is 5.91 Å². The van der Waals surface area contributed by atoms with Crippen LogP contribution in [0.1, 0.15) is 37.0 Å². The number of carbonyl (C=O) groups excluding carboxylic acids is 2. The highest BCUT2D eigenvalue weighted by atomic mass is 16.4. The lowest BCUT2D eigenvalue weighted by atomic mass is 9.76. The molecule has 0 spiro atoms. The lowest BCUT2D eigenvalue weighted by Crippen LogP contribution is -2.47. The number of hydrogen-bond donors (Lipinski definition) is 3. The van der Waals surface area contributed by atoms with Crippen LogP contribution in [0.3, 0.4) is 0 Å². The van der Waals surface area contributed by atoms with E-state index in [9.17, 15) is 24.9 Å². The third-order valence-electron chi connectivity index (χ3n) is 5.31. The summed E-state index contributed by atoms with van der Waals surface area (Å²) in [5.41, 5.74) is 2.53. The molecule has 0 saturated carbocycles. The number of nitrogens with zero attached hydrogens (tertiary/aromatic N) is 2. The number of benzene rings is 2. The number of aryl methyl sites for hydroxylation is 1. The lowest BCUT2D eigenvalue weighted by Gasteiger charge is -2.18. The van der Waals surface area contributed by atoms with Crippen LogP contribution >= 0.6 is 0 Å². The topological polar surface area (TPSA) is 114 Å². The van der Waals surface area contributed by atoms with Crippen molar-refractivity contribution in [3.05, 3.63) is 76.9 Å². The van der Waals surface area contributed by atoms with Crippen LogP contribution in [-0.2, 0) is 22.4 Å². The van der Waals surface area contributed by atoms with Crippen LogP contribution in [0.5, 0.6) is 0 Å². The first-order valence-electron chi connectivity index (χ1n) is 11.1. The number of carbonyl (C=O) groups is 2. The molecular weight excluding hydrogens is 417 g/mol. The first-order chi connectivity index (χ1) is 15.9. The van der Waals surface area contributed by atoms with Gasteiger partial charge in [-0.3, -0.25) is 9.59 Å². The molecule has 1 atom stereocenters. The van der Waals surface area contributed by atoms with Crippen LogP contribution in [0, 0.1) is 11.3 Å². The third kappa shape index (κ3) is 8.22. The minimum atomic E-state index is -1.67. The first-order valence-corrected chi connectivity index (χ1v) is 11.1. The Labute approximate surface area is 195 Å². The molecule has 0 aromatic heterocycles. The van der Waals surface area contributed by atoms with Crippen LogP contribution in [0.15, 0.2) is 60.2 Å². The van der Waals surface area contributed by atoms with E-state index in [1.54, 1.807) is 17.0 Å². The van der Waals surface area contributed by atoms with Crippen molar-refractivity contribution in [1.82, 2.24) is 10.2 Å². The van der Waals surface area contributed by atoms with E-state index in [0.29, 0.717) is 31.5 Å². The van der Waals surface area contributed by atoms with Crippen molar-refractivity contribution in [2.24, 2.45) is 0 Å². The van der Waals surface area contributed by atoms with Gasteiger partial charge < -0.3 is 20.3 Å². The number of amides is 2. The van der Waals surface area contributed by atoms with E-state index in [0.717, 1.165) is 11.1 Å². The quantitative estimate of drug-likeness (QED) is 0.278. The van der Waals surface area contributed by atoms with Gasteiger partial charge in [0.1, 0.15) is 11.6 Å². The maximum atomic E-state index is 12.5. The molecule has 2 aromatic rings. The van der Waals surface area contributed by atoms with Gasteiger partial charge in [0.2, 0.25) is 5.91 Å². The predicted molar refractivity (Wildman–Crippen MR) is 129 cm³/mol. The van der Waals surface area contributed by atoms with E-state index < -0.39 is 13.1 Å². The Hall–Kier alpha value is -3.41. The Morgan fingerprint density at radius 1 is 1.09 bits per heavy atom. The minimum Gasteiger partial charge on any atom is -0.426 e. The van der Waals surface area contributed by atoms with Crippen LogP contribution < -0.4 is 5.32 Å². The average molecular weight is 447 g/mol. The lowest BCUT2D eigenvalue weighted by molar-refractivity contribution is -0.126. The Morgan fingerprint density at radius 2 is 1.76 bits per heavy atom. The molecule has 0 radical (unpaired) electrons. The second-order valence-electron chi connectivity index (χ2n) is 7.67. The van der Waals surface area contributed by atoms with Gasteiger partial charge in [0.15, 0.2) is 0 Å². The summed E-state index contributed by atoms with van der Waals surface area (Å²) in [4.78, 5) is 26.5. The second kappa shape index (κ2) is 13.2. The fourth-order valence-corrected chi connectivity index (χ4v) is 3.46. The van der Waals surface area contributed by atoms with E-state index in [-0.39, 0.29) is 23.8 Å². The van der Waals surface area contributed by atoms with Crippen molar-refractivity contribution in [2.75, 3.05) is 13.1 Å². The molecule has 172 valence electrons. The first kappa shape index (κ1) is 25.9. The average Bonchev–Trinajstić information content (AvgIpc) is 2.82. The zero-order chi connectivity index (χ0) is 24.2. The molecule has 33 heavy (non-hydrogen) atoms. The molecule has 1 unspecified atom stereocenters. The van der Waals surface area contributed by atoms with Crippen LogP contribution in [0.25, 0.3) is 6.08 Å². The van der Waals surface area contributed by atoms with Crippen molar-refractivity contribution in [1.29, 1.82) is 5.26 Å². The highest BCUT2D eigenvalue weighted by molar-refractivity contribution is 6.43. The Balaban J connectivity index is 2.01. The van der Waals surface area contributed by atoms with Crippen molar-refractivity contribution >= 4 is 25.0 Å². The SMILES string of the molecule is CCN(CC)C(=O)C(C#N)=Cc1cccc(CCC(=O)NC(Cc2ccccc2)B(O)O)c1. The standard InChI is InChI=1S/C25H30BN3O4/c1-3-29(4-2)25(31)22(18-27)16-21-12-8-11-20(15-21)13-14-24(30)28-23(26(32)33)17-19-9-6-5-7-10-19/h5-12,15-16,23,32-33H,3-4,13-14,17H2,1-2H3,(H,28,30). The van der Waals surface area contributed by atoms with Gasteiger partial charge in [-0.2, -0.15) is 5.26 Å². The molecule has 0 bridgehead atoms. The normalized spacial score (nSPS) is 11.9. The molecule has 0 aliphatic carbocycles. The smallest absolute Gasteiger partial charge is 0.426 e. The molecule has 0 fully saturated rings. The number of likely N-dealkylation sites (N-methyl/N-ethyl adjacent to an activating group) is 1. The van der Waals surface area contributed by atoms with Crippen molar-refractivity contribution in [2.45, 2.75) is 39.1 Å². The molecule has 7 nitrogen and oxygen atoms in total. The molecular formula is C25H30BN3O4. The van der Waals surface area contributed by atoms with Gasteiger partial charge in [-0.15, -0.1) is 0 Å². The number of nitrogens with one attached hydrogen (secondary N) is 1. The van der Waals surface area contributed by atoms with Gasteiger partial charge >= 0.3 is 7.12 Å². The van der Waals surface area contributed by atoms with Crippen molar-refractivity contribution in [3.8, 4) is 6.07 Å². The van der Waals surface area contributed by atoms with Crippen molar-refractivity contribution < 1.29 is 19.6 Å². The Bertz CT molecular complexity index is 998. The fourth-order valence-electron chi connectivity index (χ4n) is 3.46. The maximum Gasteiger partial charge on any atom is 0.475 e. The van der Waals surface area contributed by atoms with Crippen LogP contribution in [-0.4, -0.2) is 52.9 Å². The Morgan fingerprint density at radius 3 is 2.36 bits per heavy atom. The summed E-state index contributed by atoms with van der Waals surface area (Å²) in [5.74, 6) is -1.41. The van der Waals surface area contributed by atoms with Crippen LogP contribution in [0.2, 0.25) is 0 Å². The van der Waals surface area contributed by atoms with E-state index >= 15 is 0 Å². The predicted octanol–water partition coefficient (Wildman–Crippen LogP) is 2.13. The highest BCUT2D eigenvalue weighted by Gasteiger charge is 2.25. The number of hydrogen-bond acceptors (Lipinski definition) is 5. The molecule has 0 heterocycles. The van der Waals surface area contributed by atoms with E-state index in [4.69, 9.17) is 0 Å². The summed E-state index contributed by atoms with van der Waals surface area (Å²) < 4.78 is 0. The van der Waals surface area contributed by atoms with E-state index in [1.807, 2.05) is 68.4 Å². The summed E-state index contributed by atoms with van der Waals surface area (Å²) in [6.07, 6.45) is 2.46. The highest BCUT2D eigenvalue weighted by Crippen LogP contribution is 2.13. The zero-order valence-electron chi connectivity index (χ0n) is 19.1. The molecule has 3 N–H and O–H groups in total. The maximum absolute atomic E-state index is 12.5. The number of rotatable bonds is 11. The molecule has 2 aromatic carbocycles. The van der Waals surface area contributed by atoms with Crippen LogP contribution in [0.4, 0.5) is 0 Å². The second-order valence-corrected chi connectivity index (χ2v) is 7.67. The summed E-state index contributed by atoms with van der Waals surface area (Å²) in [6, 6.07) is 18.6. The van der Waals surface area contributed by atoms with Gasteiger partial charge in [-0.05, 0) is 49.5 Å². The van der Waals surface area contributed by atoms with E-state index in [2.05, 4.69) is 5.32 Å². The Kier molecular flexibility index (Phi) is 10.4. The summed E-state index contributed by atoms with van der Waals surface area (Å²) >= 11 is 0. The third-order valence-corrected chi connectivity index (χ3v) is 5.31. The zero-order valence-corrected chi connectivity index (χ0v) is 19.1. The van der Waals surface area contributed by atoms with Gasteiger partial charge in [0.05, 0.1) is 5.94 Å². The molecule has 0 aliphatic heterocycles.